The Bertz CT molecular complexity index is 1170. The minimum Gasteiger partial charge on any atom is -0.486 e. The molecule has 1 unspecified atom stereocenters. The maximum absolute atomic E-state index is 12.5. The van der Waals surface area contributed by atoms with Crippen molar-refractivity contribution in [3.8, 4) is 16.9 Å². The molecule has 0 spiro atoms. The minimum atomic E-state index is -1.03. The van der Waals surface area contributed by atoms with Gasteiger partial charge in [0.05, 0.1) is 0 Å². The van der Waals surface area contributed by atoms with Gasteiger partial charge >= 0.3 is 5.97 Å². The van der Waals surface area contributed by atoms with Crippen molar-refractivity contribution < 1.29 is 19.4 Å². The lowest BCUT2D eigenvalue weighted by molar-refractivity contribution is -0.137. The van der Waals surface area contributed by atoms with Crippen molar-refractivity contribution >= 4 is 11.9 Å². The first-order valence-electron chi connectivity index (χ1n) is 13.3. The van der Waals surface area contributed by atoms with Crippen LogP contribution in [0, 0.1) is 6.92 Å². The summed E-state index contributed by atoms with van der Waals surface area (Å²) >= 11 is 0. The zero-order valence-corrected chi connectivity index (χ0v) is 22.5. The zero-order valence-electron chi connectivity index (χ0n) is 22.5. The Kier molecular flexibility index (Phi) is 10.3. The molecule has 0 saturated heterocycles. The first kappa shape index (κ1) is 28.0. The smallest absolute Gasteiger partial charge is 0.323 e. The molecule has 3 aromatic carbocycles. The molecule has 0 aromatic heterocycles. The molecule has 0 bridgehead atoms. The Labute approximate surface area is 221 Å². The summed E-state index contributed by atoms with van der Waals surface area (Å²) in [6.07, 6.45) is 6.35. The monoisotopic (exact) mass is 501 g/mol. The summed E-state index contributed by atoms with van der Waals surface area (Å²) in [5.41, 5.74) is 6.35. The molecule has 0 saturated carbocycles. The predicted octanol–water partition coefficient (Wildman–Crippen LogP) is 7.47. The number of nitrogens with zero attached hydrogens (tertiary/aromatic N) is 1. The largest absolute Gasteiger partial charge is 0.486 e. The lowest BCUT2D eigenvalue weighted by Gasteiger charge is -2.21. The number of hydrogen-bond donors (Lipinski definition) is 1. The number of rotatable bonds is 13. The number of carboxylic acid groups (broad SMARTS) is 1. The van der Waals surface area contributed by atoms with E-state index >= 15 is 0 Å². The number of aryl methyl sites for hydroxylation is 2. The van der Waals surface area contributed by atoms with Gasteiger partial charge in [-0.2, -0.15) is 0 Å². The second kappa shape index (κ2) is 13.6. The highest BCUT2D eigenvalue weighted by atomic mass is 16.5. The summed E-state index contributed by atoms with van der Waals surface area (Å²) in [4.78, 5) is 24.7. The van der Waals surface area contributed by atoms with Crippen molar-refractivity contribution in [3.05, 3.63) is 89.0 Å². The molecule has 1 amide bonds. The average molecular weight is 502 g/mol. The number of hydrogen-bond acceptors (Lipinski definition) is 3. The Morgan fingerprint density at radius 2 is 1.62 bits per heavy atom. The van der Waals surface area contributed by atoms with E-state index in [9.17, 15) is 9.59 Å². The van der Waals surface area contributed by atoms with Crippen LogP contribution in [0.3, 0.4) is 0 Å². The van der Waals surface area contributed by atoms with Gasteiger partial charge in [0.2, 0.25) is 0 Å². The number of benzene rings is 3. The molecule has 1 N–H and O–H groups in total. The van der Waals surface area contributed by atoms with Gasteiger partial charge in [-0.3, -0.25) is 9.59 Å². The third-order valence-corrected chi connectivity index (χ3v) is 6.72. The van der Waals surface area contributed by atoms with Crippen molar-refractivity contribution in [3.63, 3.8) is 0 Å². The topological polar surface area (TPSA) is 66.8 Å². The van der Waals surface area contributed by atoms with Crippen molar-refractivity contribution in [1.82, 2.24) is 4.90 Å². The van der Waals surface area contributed by atoms with E-state index in [1.807, 2.05) is 18.2 Å². The standard InChI is InChI=1S/C32H39NO4/c1-5-7-8-9-10-30(26-15-17-27(18-16-26)32(36)33(4)22-31(34)35)37-28-19-20-29(23(3)21-28)25-13-11-24(6-2)12-14-25/h11-21,30H,5-10,22H2,1-4H3,(H,34,35). The molecule has 3 aromatic rings. The quantitative estimate of drug-likeness (QED) is 0.247. The number of unbranched alkanes of at least 4 members (excludes halogenated alkanes) is 3. The van der Waals surface area contributed by atoms with Crippen LogP contribution in [0.5, 0.6) is 5.75 Å². The molecular formula is C32H39NO4. The Hall–Kier alpha value is -3.60. The molecule has 1 atom stereocenters. The lowest BCUT2D eigenvalue weighted by atomic mass is 9.98. The van der Waals surface area contributed by atoms with Gasteiger partial charge in [-0.15, -0.1) is 0 Å². The van der Waals surface area contributed by atoms with Crippen LogP contribution in [0.2, 0.25) is 0 Å². The van der Waals surface area contributed by atoms with Gasteiger partial charge < -0.3 is 14.7 Å². The normalized spacial score (nSPS) is 11.7. The number of carboxylic acids is 1. The Morgan fingerprint density at radius 1 is 0.919 bits per heavy atom. The second-order valence-corrected chi connectivity index (χ2v) is 9.66. The highest BCUT2D eigenvalue weighted by molar-refractivity contribution is 5.95. The summed E-state index contributed by atoms with van der Waals surface area (Å²) in [7, 11) is 1.49. The minimum absolute atomic E-state index is 0.133. The van der Waals surface area contributed by atoms with Crippen LogP contribution >= 0.6 is 0 Å². The summed E-state index contributed by atoms with van der Waals surface area (Å²) < 4.78 is 6.52. The van der Waals surface area contributed by atoms with Crippen molar-refractivity contribution in [2.24, 2.45) is 0 Å². The third kappa shape index (κ3) is 7.94. The molecule has 0 aliphatic heterocycles. The Morgan fingerprint density at radius 3 is 2.22 bits per heavy atom. The number of carbonyl (C=O) groups excluding carboxylic acids is 1. The van der Waals surface area contributed by atoms with Crippen molar-refractivity contribution in [2.45, 2.75) is 65.4 Å². The molecule has 0 aliphatic rings. The van der Waals surface area contributed by atoms with E-state index in [1.165, 1.54) is 41.5 Å². The molecular weight excluding hydrogens is 462 g/mol. The van der Waals surface area contributed by atoms with Gasteiger partial charge in [-0.05, 0) is 78.3 Å². The van der Waals surface area contributed by atoms with Crippen LogP contribution in [0.15, 0.2) is 66.7 Å². The van der Waals surface area contributed by atoms with Gasteiger partial charge in [0.15, 0.2) is 0 Å². The number of aliphatic carboxylic acids is 1. The fourth-order valence-electron chi connectivity index (χ4n) is 4.50. The highest BCUT2D eigenvalue weighted by Gasteiger charge is 2.18. The lowest BCUT2D eigenvalue weighted by Crippen LogP contribution is -2.31. The van der Waals surface area contributed by atoms with E-state index in [1.54, 1.807) is 12.1 Å². The molecule has 5 nitrogen and oxygen atoms in total. The van der Waals surface area contributed by atoms with Crippen LogP contribution in [0.25, 0.3) is 11.1 Å². The zero-order chi connectivity index (χ0) is 26.8. The SMILES string of the molecule is CCCCCCC(Oc1ccc(-c2ccc(CC)cc2)c(C)c1)c1ccc(C(=O)N(C)CC(=O)O)cc1. The molecule has 0 fully saturated rings. The second-order valence-electron chi connectivity index (χ2n) is 9.66. The maximum atomic E-state index is 12.5. The van der Waals surface area contributed by atoms with Gasteiger partial charge in [0.1, 0.15) is 18.4 Å². The molecule has 196 valence electrons. The predicted molar refractivity (Wildman–Crippen MR) is 149 cm³/mol. The molecule has 3 rings (SSSR count). The van der Waals surface area contributed by atoms with Gasteiger partial charge in [-0.1, -0.05) is 75.6 Å². The molecule has 0 radical (unpaired) electrons. The summed E-state index contributed by atoms with van der Waals surface area (Å²) in [5, 5.41) is 8.97. The van der Waals surface area contributed by atoms with E-state index in [0.29, 0.717) is 5.56 Å². The van der Waals surface area contributed by atoms with E-state index in [2.05, 4.69) is 57.2 Å². The van der Waals surface area contributed by atoms with Gasteiger partial charge in [0, 0.05) is 12.6 Å². The fraction of sp³-hybridized carbons (Fsp3) is 0.375. The summed E-state index contributed by atoms with van der Waals surface area (Å²) in [6.45, 7) is 6.14. The Balaban J connectivity index is 1.78. The number of likely N-dealkylation sites (N-methyl/N-ethyl adjacent to an activating group) is 1. The van der Waals surface area contributed by atoms with E-state index in [0.717, 1.165) is 42.6 Å². The fourth-order valence-corrected chi connectivity index (χ4v) is 4.50. The summed E-state index contributed by atoms with van der Waals surface area (Å²) in [5.74, 6) is -0.520. The highest BCUT2D eigenvalue weighted by Crippen LogP contribution is 2.32. The van der Waals surface area contributed by atoms with Crippen LogP contribution < -0.4 is 4.74 Å². The first-order valence-corrected chi connectivity index (χ1v) is 13.3. The molecule has 5 heteroatoms. The molecule has 0 aliphatic carbocycles. The molecule has 0 heterocycles. The number of ether oxygens (including phenoxy) is 1. The van der Waals surface area contributed by atoms with Crippen molar-refractivity contribution in [2.75, 3.05) is 13.6 Å². The van der Waals surface area contributed by atoms with E-state index < -0.39 is 5.97 Å². The van der Waals surface area contributed by atoms with Crippen LogP contribution in [-0.2, 0) is 11.2 Å². The third-order valence-electron chi connectivity index (χ3n) is 6.72. The molecule has 37 heavy (non-hydrogen) atoms. The van der Waals surface area contributed by atoms with E-state index in [-0.39, 0.29) is 18.6 Å². The van der Waals surface area contributed by atoms with Crippen LogP contribution in [0.4, 0.5) is 0 Å². The van der Waals surface area contributed by atoms with Crippen LogP contribution in [-0.4, -0.2) is 35.5 Å². The van der Waals surface area contributed by atoms with Crippen molar-refractivity contribution in [1.29, 1.82) is 0 Å². The maximum Gasteiger partial charge on any atom is 0.323 e. The summed E-state index contributed by atoms with van der Waals surface area (Å²) in [6, 6.07) is 22.3. The number of carbonyl (C=O) groups is 2. The average Bonchev–Trinajstić information content (AvgIpc) is 2.90. The number of amides is 1. The van der Waals surface area contributed by atoms with Crippen LogP contribution in [0.1, 0.15) is 79.1 Å². The van der Waals surface area contributed by atoms with Gasteiger partial charge in [0.25, 0.3) is 5.91 Å². The van der Waals surface area contributed by atoms with Gasteiger partial charge in [-0.25, -0.2) is 0 Å². The first-order chi connectivity index (χ1) is 17.8. The van der Waals surface area contributed by atoms with E-state index in [4.69, 9.17) is 9.84 Å².